The molecule has 1 atom stereocenters. The van der Waals surface area contributed by atoms with Crippen LogP contribution in [0.25, 0.3) is 0 Å². The highest BCUT2D eigenvalue weighted by molar-refractivity contribution is 5.85. The van der Waals surface area contributed by atoms with Gasteiger partial charge in [-0.3, -0.25) is 4.79 Å². The maximum absolute atomic E-state index is 11.7. The molecule has 0 aromatic rings. The first kappa shape index (κ1) is 17.2. The fraction of sp³-hybridized carbons (Fsp3) is 0.846. The monoisotopic (exact) mass is 277 g/mol. The number of hydrogen-bond donors (Lipinski definition) is 1. The molecular formula is C13H24ClNO3. The van der Waals surface area contributed by atoms with Gasteiger partial charge in [-0.25, -0.2) is 4.79 Å². The van der Waals surface area contributed by atoms with Gasteiger partial charge >= 0.3 is 5.97 Å². The summed E-state index contributed by atoms with van der Waals surface area (Å²) < 4.78 is 5.38. The Hall–Kier alpha value is -0.770. The highest BCUT2D eigenvalue weighted by Crippen LogP contribution is 2.20. The summed E-state index contributed by atoms with van der Waals surface area (Å²) in [6.45, 7) is 3.61. The number of carbonyl (C=O) groups excluding carboxylic acids is 2. The van der Waals surface area contributed by atoms with Gasteiger partial charge in [-0.2, -0.15) is 0 Å². The van der Waals surface area contributed by atoms with E-state index in [0.717, 1.165) is 32.1 Å². The molecule has 4 nitrogen and oxygen atoms in total. The predicted molar refractivity (Wildman–Crippen MR) is 72.7 cm³/mol. The van der Waals surface area contributed by atoms with Crippen LogP contribution >= 0.6 is 12.4 Å². The van der Waals surface area contributed by atoms with E-state index in [9.17, 15) is 9.59 Å². The molecule has 1 aliphatic carbocycles. The quantitative estimate of drug-likeness (QED) is 0.786. The van der Waals surface area contributed by atoms with E-state index < -0.39 is 6.04 Å². The maximum Gasteiger partial charge on any atom is 0.328 e. The topological polar surface area (TPSA) is 55.4 Å². The van der Waals surface area contributed by atoms with Gasteiger partial charge in [0.2, 0.25) is 5.91 Å². The second kappa shape index (κ2) is 9.20. The minimum absolute atomic E-state index is 0. The lowest BCUT2D eigenvalue weighted by Gasteiger charge is -2.23. The molecule has 0 saturated heterocycles. The summed E-state index contributed by atoms with van der Waals surface area (Å²) in [4.78, 5) is 23.0. The van der Waals surface area contributed by atoms with Crippen LogP contribution in [0.2, 0.25) is 0 Å². The number of carbonyl (C=O) groups is 2. The average Bonchev–Trinajstić information content (AvgIpc) is 2.30. The minimum atomic E-state index is -0.532. The predicted octanol–water partition coefficient (Wildman–Crippen LogP) is 2.59. The minimum Gasteiger partial charge on any atom is -0.461 e. The van der Waals surface area contributed by atoms with Gasteiger partial charge in [-0.1, -0.05) is 13.3 Å². The standard InChI is InChI=1S/C13H23NO3.ClH/c1-3-7-12(15)14-10(2)13(16)17-11-8-5-4-6-9-11;/h10-11H,3-9H2,1-2H3,(H,14,15);1H/t10-;/m0./s1. The Morgan fingerprint density at radius 2 is 1.89 bits per heavy atom. The first-order chi connectivity index (χ1) is 8.13. The van der Waals surface area contributed by atoms with Crippen LogP contribution in [0.1, 0.15) is 58.8 Å². The molecule has 0 spiro atoms. The van der Waals surface area contributed by atoms with Crippen molar-refractivity contribution in [1.29, 1.82) is 0 Å². The van der Waals surface area contributed by atoms with Crippen molar-refractivity contribution >= 4 is 24.3 Å². The van der Waals surface area contributed by atoms with Gasteiger partial charge in [-0.05, 0) is 39.0 Å². The highest BCUT2D eigenvalue weighted by Gasteiger charge is 2.22. The van der Waals surface area contributed by atoms with E-state index in [-0.39, 0.29) is 30.4 Å². The molecule has 18 heavy (non-hydrogen) atoms. The van der Waals surface area contributed by atoms with Crippen LogP contribution in [0.4, 0.5) is 0 Å². The van der Waals surface area contributed by atoms with Crippen LogP contribution in [-0.4, -0.2) is 24.0 Å². The van der Waals surface area contributed by atoms with Crippen molar-refractivity contribution in [2.24, 2.45) is 0 Å². The third kappa shape index (κ3) is 6.24. The van der Waals surface area contributed by atoms with Gasteiger partial charge in [0.05, 0.1) is 0 Å². The van der Waals surface area contributed by atoms with Crippen molar-refractivity contribution in [1.82, 2.24) is 5.32 Å². The van der Waals surface area contributed by atoms with Crippen LogP contribution in [-0.2, 0) is 14.3 Å². The van der Waals surface area contributed by atoms with Gasteiger partial charge in [-0.15, -0.1) is 12.4 Å². The Morgan fingerprint density at radius 3 is 2.44 bits per heavy atom. The normalized spacial score (nSPS) is 17.4. The maximum atomic E-state index is 11.7. The Bertz CT molecular complexity index is 265. The molecule has 0 heterocycles. The van der Waals surface area contributed by atoms with E-state index in [4.69, 9.17) is 4.74 Å². The molecule has 0 aromatic heterocycles. The molecule has 1 rings (SSSR count). The first-order valence-corrected chi connectivity index (χ1v) is 6.63. The molecule has 1 N–H and O–H groups in total. The summed E-state index contributed by atoms with van der Waals surface area (Å²) in [5.41, 5.74) is 0. The molecule has 5 heteroatoms. The highest BCUT2D eigenvalue weighted by atomic mass is 35.5. The van der Waals surface area contributed by atoms with Crippen molar-refractivity contribution in [3.8, 4) is 0 Å². The fourth-order valence-corrected chi connectivity index (χ4v) is 2.05. The Kier molecular flexibility index (Phi) is 8.81. The van der Waals surface area contributed by atoms with Crippen molar-refractivity contribution in [2.45, 2.75) is 70.9 Å². The Labute approximate surface area is 115 Å². The summed E-state index contributed by atoms with van der Waals surface area (Å²) in [6, 6.07) is -0.532. The molecule has 106 valence electrons. The molecule has 0 aliphatic heterocycles. The van der Waals surface area contributed by atoms with E-state index in [2.05, 4.69) is 5.32 Å². The Balaban J connectivity index is 0.00000289. The van der Waals surface area contributed by atoms with E-state index in [0.29, 0.717) is 6.42 Å². The molecule has 0 unspecified atom stereocenters. The van der Waals surface area contributed by atoms with Gasteiger partial charge in [0.1, 0.15) is 12.1 Å². The average molecular weight is 278 g/mol. The molecule has 0 bridgehead atoms. The summed E-state index contributed by atoms with van der Waals surface area (Å²) in [6.07, 6.45) is 6.72. The van der Waals surface area contributed by atoms with Gasteiger partial charge in [0, 0.05) is 6.42 Å². The van der Waals surface area contributed by atoms with Crippen LogP contribution in [0.15, 0.2) is 0 Å². The van der Waals surface area contributed by atoms with Crippen LogP contribution in [0.3, 0.4) is 0 Å². The van der Waals surface area contributed by atoms with Gasteiger partial charge < -0.3 is 10.1 Å². The summed E-state index contributed by atoms with van der Waals surface area (Å²) in [7, 11) is 0. The zero-order chi connectivity index (χ0) is 12.7. The molecule has 1 aliphatic rings. The molecule has 0 radical (unpaired) electrons. The fourth-order valence-electron chi connectivity index (χ4n) is 2.05. The van der Waals surface area contributed by atoms with Crippen molar-refractivity contribution in [3.05, 3.63) is 0 Å². The van der Waals surface area contributed by atoms with Crippen LogP contribution in [0.5, 0.6) is 0 Å². The molecule has 1 fully saturated rings. The third-order valence-electron chi connectivity index (χ3n) is 3.04. The van der Waals surface area contributed by atoms with Crippen molar-refractivity contribution in [2.75, 3.05) is 0 Å². The van der Waals surface area contributed by atoms with Crippen LogP contribution < -0.4 is 5.32 Å². The van der Waals surface area contributed by atoms with E-state index in [1.165, 1.54) is 6.42 Å². The summed E-state index contributed by atoms with van der Waals surface area (Å²) >= 11 is 0. The van der Waals surface area contributed by atoms with Crippen molar-refractivity contribution in [3.63, 3.8) is 0 Å². The third-order valence-corrected chi connectivity index (χ3v) is 3.04. The summed E-state index contributed by atoms with van der Waals surface area (Å²) in [5, 5.41) is 2.66. The second-order valence-corrected chi connectivity index (χ2v) is 4.74. The lowest BCUT2D eigenvalue weighted by atomic mass is 9.98. The number of ether oxygens (including phenoxy) is 1. The van der Waals surface area contributed by atoms with E-state index >= 15 is 0 Å². The van der Waals surface area contributed by atoms with Crippen LogP contribution in [0, 0.1) is 0 Å². The number of rotatable bonds is 5. The second-order valence-electron chi connectivity index (χ2n) is 4.74. The lowest BCUT2D eigenvalue weighted by Crippen LogP contribution is -2.41. The smallest absolute Gasteiger partial charge is 0.328 e. The summed E-state index contributed by atoms with van der Waals surface area (Å²) in [5.74, 6) is -0.387. The molecule has 1 amide bonds. The molecule has 1 saturated carbocycles. The number of amides is 1. The largest absolute Gasteiger partial charge is 0.461 e. The molecular weight excluding hydrogens is 254 g/mol. The number of hydrogen-bond acceptors (Lipinski definition) is 3. The zero-order valence-electron chi connectivity index (χ0n) is 11.2. The number of halogens is 1. The Morgan fingerprint density at radius 1 is 1.28 bits per heavy atom. The number of nitrogens with one attached hydrogen (secondary N) is 1. The van der Waals surface area contributed by atoms with Gasteiger partial charge in [0.15, 0.2) is 0 Å². The number of esters is 1. The zero-order valence-corrected chi connectivity index (χ0v) is 12.1. The lowest BCUT2D eigenvalue weighted by molar-refractivity contribution is -0.153. The van der Waals surface area contributed by atoms with Crippen molar-refractivity contribution < 1.29 is 14.3 Å². The van der Waals surface area contributed by atoms with E-state index in [1.807, 2.05) is 6.92 Å². The SMILES string of the molecule is CCCC(=O)N[C@@H](C)C(=O)OC1CCCCC1.Cl. The van der Waals surface area contributed by atoms with Gasteiger partial charge in [0.25, 0.3) is 0 Å². The molecule has 0 aromatic carbocycles. The van der Waals surface area contributed by atoms with E-state index in [1.54, 1.807) is 6.92 Å². The first-order valence-electron chi connectivity index (χ1n) is 6.63.